The topological polar surface area (TPSA) is 51.0 Å². The second-order valence-electron chi connectivity index (χ2n) is 6.16. The van der Waals surface area contributed by atoms with Crippen LogP contribution in [0.15, 0.2) is 78.6 Å². The minimum Gasteiger partial charge on any atom is -0.337 e. The number of hydrogen-bond donors (Lipinski definition) is 0. The minimum absolute atomic E-state index is 0.0623. The molecule has 0 spiro atoms. The quantitative estimate of drug-likeness (QED) is 0.524. The first kappa shape index (κ1) is 17.2. The van der Waals surface area contributed by atoms with E-state index in [-0.39, 0.29) is 5.91 Å². The molecule has 0 aliphatic carbocycles. The first-order valence-electron chi connectivity index (χ1n) is 8.56. The van der Waals surface area contributed by atoms with E-state index in [4.69, 9.17) is 5.10 Å². The van der Waals surface area contributed by atoms with E-state index in [0.29, 0.717) is 12.1 Å². The molecule has 0 unspecified atom stereocenters. The molecule has 4 rings (SSSR count). The summed E-state index contributed by atoms with van der Waals surface area (Å²) in [7, 11) is 1.80. The van der Waals surface area contributed by atoms with Gasteiger partial charge in [0, 0.05) is 37.7 Å². The van der Waals surface area contributed by atoms with E-state index in [2.05, 4.69) is 11.1 Å². The highest BCUT2D eigenvalue weighted by atomic mass is 32.1. The van der Waals surface area contributed by atoms with Gasteiger partial charge >= 0.3 is 0 Å². The molecule has 0 bridgehead atoms. The summed E-state index contributed by atoms with van der Waals surface area (Å²) in [6, 6.07) is 17.6. The Labute approximate surface area is 161 Å². The summed E-state index contributed by atoms with van der Waals surface area (Å²) in [4.78, 5) is 19.5. The van der Waals surface area contributed by atoms with Gasteiger partial charge in [-0.3, -0.25) is 9.78 Å². The zero-order valence-corrected chi connectivity index (χ0v) is 15.6. The Kier molecular flexibility index (Phi) is 4.80. The number of carbonyl (C=O) groups is 1. The van der Waals surface area contributed by atoms with Gasteiger partial charge in [-0.25, -0.2) is 4.68 Å². The van der Waals surface area contributed by atoms with Crippen molar-refractivity contribution in [2.45, 2.75) is 6.54 Å². The maximum atomic E-state index is 12.7. The van der Waals surface area contributed by atoms with Gasteiger partial charge in [-0.15, -0.1) is 11.3 Å². The molecule has 3 heterocycles. The molecule has 5 nitrogen and oxygen atoms in total. The van der Waals surface area contributed by atoms with E-state index in [0.717, 1.165) is 21.8 Å². The number of pyridine rings is 1. The maximum Gasteiger partial charge on any atom is 0.255 e. The van der Waals surface area contributed by atoms with Crippen LogP contribution in [-0.4, -0.2) is 32.6 Å². The Morgan fingerprint density at radius 3 is 2.67 bits per heavy atom. The van der Waals surface area contributed by atoms with Crippen LogP contribution in [0.1, 0.15) is 15.9 Å². The Bertz CT molecular complexity index is 1030. The van der Waals surface area contributed by atoms with Crippen LogP contribution in [0, 0.1) is 0 Å². The number of benzene rings is 1. The van der Waals surface area contributed by atoms with Gasteiger partial charge < -0.3 is 4.90 Å². The smallest absolute Gasteiger partial charge is 0.255 e. The van der Waals surface area contributed by atoms with Crippen LogP contribution in [-0.2, 0) is 6.54 Å². The van der Waals surface area contributed by atoms with Crippen LogP contribution in [0.2, 0.25) is 0 Å². The van der Waals surface area contributed by atoms with Crippen molar-refractivity contribution < 1.29 is 4.79 Å². The number of amides is 1. The first-order chi connectivity index (χ1) is 13.2. The minimum atomic E-state index is -0.0623. The van der Waals surface area contributed by atoms with Crippen LogP contribution in [0.4, 0.5) is 0 Å². The summed E-state index contributed by atoms with van der Waals surface area (Å²) < 4.78 is 1.87. The molecule has 0 aliphatic rings. The molecule has 3 aromatic heterocycles. The molecule has 6 heteroatoms. The summed E-state index contributed by atoms with van der Waals surface area (Å²) in [5.41, 5.74) is 3.47. The van der Waals surface area contributed by atoms with Gasteiger partial charge in [-0.1, -0.05) is 24.3 Å². The van der Waals surface area contributed by atoms with Gasteiger partial charge in [0.25, 0.3) is 5.91 Å². The van der Waals surface area contributed by atoms with Crippen molar-refractivity contribution in [3.8, 4) is 16.3 Å². The van der Waals surface area contributed by atoms with Crippen molar-refractivity contribution >= 4 is 17.2 Å². The van der Waals surface area contributed by atoms with E-state index >= 15 is 0 Å². The van der Waals surface area contributed by atoms with Crippen LogP contribution < -0.4 is 0 Å². The lowest BCUT2D eigenvalue weighted by atomic mass is 10.2. The van der Waals surface area contributed by atoms with E-state index in [9.17, 15) is 4.79 Å². The highest BCUT2D eigenvalue weighted by molar-refractivity contribution is 7.13. The number of aromatic nitrogens is 3. The molecule has 1 aromatic carbocycles. The molecule has 1 amide bonds. The van der Waals surface area contributed by atoms with Crippen molar-refractivity contribution in [2.24, 2.45) is 0 Å². The number of thiophene rings is 1. The lowest BCUT2D eigenvalue weighted by Crippen LogP contribution is -2.26. The number of nitrogens with zero attached hydrogens (tertiary/aromatic N) is 4. The van der Waals surface area contributed by atoms with Crippen molar-refractivity contribution in [3.05, 3.63) is 89.7 Å². The van der Waals surface area contributed by atoms with Crippen molar-refractivity contribution in [3.63, 3.8) is 0 Å². The second kappa shape index (κ2) is 7.55. The summed E-state index contributed by atoms with van der Waals surface area (Å²) in [6.07, 6.45) is 5.25. The fourth-order valence-corrected chi connectivity index (χ4v) is 3.64. The molecule has 0 radical (unpaired) electrons. The molecule has 0 saturated carbocycles. The third-order valence-corrected chi connectivity index (χ3v) is 5.10. The van der Waals surface area contributed by atoms with Crippen molar-refractivity contribution in [2.75, 3.05) is 7.05 Å². The van der Waals surface area contributed by atoms with Gasteiger partial charge in [-0.05, 0) is 35.7 Å². The zero-order valence-electron chi connectivity index (χ0n) is 14.8. The van der Waals surface area contributed by atoms with E-state index < -0.39 is 0 Å². The predicted octanol–water partition coefficient (Wildman–Crippen LogP) is 4.27. The number of para-hydroxylation sites is 1. The normalized spacial score (nSPS) is 10.7. The van der Waals surface area contributed by atoms with E-state index in [1.165, 1.54) is 0 Å². The number of hydrogen-bond acceptors (Lipinski definition) is 4. The Morgan fingerprint density at radius 1 is 1.11 bits per heavy atom. The fourth-order valence-electron chi connectivity index (χ4n) is 2.90. The number of carbonyl (C=O) groups excluding carboxylic acids is 1. The average Bonchev–Trinajstić information content (AvgIpc) is 3.38. The largest absolute Gasteiger partial charge is 0.337 e. The van der Waals surface area contributed by atoms with Crippen LogP contribution in [0.3, 0.4) is 0 Å². The Morgan fingerprint density at radius 2 is 1.96 bits per heavy atom. The highest BCUT2D eigenvalue weighted by Gasteiger charge is 2.18. The molecule has 0 saturated heterocycles. The summed E-state index contributed by atoms with van der Waals surface area (Å²) >= 11 is 1.64. The maximum absolute atomic E-state index is 12.7. The van der Waals surface area contributed by atoms with Gasteiger partial charge in [0.1, 0.15) is 5.69 Å². The summed E-state index contributed by atoms with van der Waals surface area (Å²) in [6.45, 7) is 0.466. The monoisotopic (exact) mass is 374 g/mol. The van der Waals surface area contributed by atoms with Crippen LogP contribution >= 0.6 is 11.3 Å². The Hall–Kier alpha value is -3.25. The lowest BCUT2D eigenvalue weighted by molar-refractivity contribution is 0.0785. The molecular formula is C21H18N4OS. The van der Waals surface area contributed by atoms with E-state index in [1.54, 1.807) is 47.8 Å². The molecule has 0 N–H and O–H groups in total. The molecule has 0 fully saturated rings. The molecular weight excluding hydrogens is 356 g/mol. The molecule has 27 heavy (non-hydrogen) atoms. The zero-order chi connectivity index (χ0) is 18.6. The van der Waals surface area contributed by atoms with Gasteiger partial charge in [0.2, 0.25) is 0 Å². The standard InChI is InChI=1S/C21H18N4OS/c1-24(21(26)16-7-5-11-22-13-16)14-17-15-25(18-8-3-2-4-9-18)23-20(17)19-10-6-12-27-19/h2-13,15H,14H2,1H3. The van der Waals surface area contributed by atoms with Crippen molar-refractivity contribution in [1.82, 2.24) is 19.7 Å². The third-order valence-electron chi connectivity index (χ3n) is 4.23. The summed E-state index contributed by atoms with van der Waals surface area (Å²) in [5.74, 6) is -0.0623. The third kappa shape index (κ3) is 3.66. The molecule has 0 aliphatic heterocycles. The summed E-state index contributed by atoms with van der Waals surface area (Å²) in [5, 5.41) is 6.82. The molecule has 0 atom stereocenters. The molecule has 4 aromatic rings. The first-order valence-corrected chi connectivity index (χ1v) is 9.43. The van der Waals surface area contributed by atoms with E-state index in [1.807, 2.05) is 52.7 Å². The lowest BCUT2D eigenvalue weighted by Gasteiger charge is -2.16. The average molecular weight is 374 g/mol. The van der Waals surface area contributed by atoms with Gasteiger partial charge in [-0.2, -0.15) is 5.10 Å². The Balaban J connectivity index is 1.67. The van der Waals surface area contributed by atoms with Crippen molar-refractivity contribution in [1.29, 1.82) is 0 Å². The van der Waals surface area contributed by atoms with Crippen LogP contribution in [0.5, 0.6) is 0 Å². The van der Waals surface area contributed by atoms with Gasteiger partial charge in [0.15, 0.2) is 0 Å². The SMILES string of the molecule is CN(Cc1cn(-c2ccccc2)nc1-c1cccs1)C(=O)c1cccnc1. The predicted molar refractivity (Wildman–Crippen MR) is 107 cm³/mol. The molecule has 134 valence electrons. The van der Waals surface area contributed by atoms with Gasteiger partial charge in [0.05, 0.1) is 16.1 Å². The van der Waals surface area contributed by atoms with Crippen LogP contribution in [0.25, 0.3) is 16.3 Å². The highest BCUT2D eigenvalue weighted by Crippen LogP contribution is 2.28. The number of rotatable bonds is 5. The second-order valence-corrected chi connectivity index (χ2v) is 7.11. The fraction of sp³-hybridized carbons (Fsp3) is 0.0952.